The van der Waals surface area contributed by atoms with Crippen molar-refractivity contribution in [3.8, 4) is 0 Å². The fourth-order valence-electron chi connectivity index (χ4n) is 1.78. The van der Waals surface area contributed by atoms with Gasteiger partial charge < -0.3 is 10.2 Å². The Morgan fingerprint density at radius 2 is 2.00 bits per heavy atom. The highest BCUT2D eigenvalue weighted by Gasteiger charge is 2.17. The first kappa shape index (κ1) is 13.8. The Morgan fingerprint density at radius 1 is 1.30 bits per heavy atom. The number of benzene rings is 1. The highest BCUT2D eigenvalue weighted by molar-refractivity contribution is 6.10. The molecule has 0 fully saturated rings. The van der Waals surface area contributed by atoms with Crippen LogP contribution in [0.5, 0.6) is 0 Å². The van der Waals surface area contributed by atoms with Crippen molar-refractivity contribution in [2.24, 2.45) is 0 Å². The molecular formula is C14H16N4O2. The molecule has 1 aromatic carbocycles. The molecule has 0 atom stereocenters. The molecule has 0 aliphatic heterocycles. The third-order valence-corrected chi connectivity index (χ3v) is 3.05. The Kier molecular flexibility index (Phi) is 3.84. The molecule has 0 spiro atoms. The number of aryl methyl sites for hydroxylation is 1. The van der Waals surface area contributed by atoms with Crippen LogP contribution >= 0.6 is 0 Å². The molecule has 0 aliphatic carbocycles. The zero-order valence-corrected chi connectivity index (χ0v) is 11.6. The number of aromatic nitrogens is 2. The molecule has 0 radical (unpaired) electrons. The topological polar surface area (TPSA) is 78.1 Å². The van der Waals surface area contributed by atoms with Crippen molar-refractivity contribution in [1.82, 2.24) is 10.2 Å². The van der Waals surface area contributed by atoms with E-state index in [1.165, 1.54) is 11.8 Å². The highest BCUT2D eigenvalue weighted by Crippen LogP contribution is 2.21. The van der Waals surface area contributed by atoms with E-state index >= 15 is 0 Å². The largest absolute Gasteiger partial charge is 0.315 e. The number of para-hydroxylation sites is 1. The van der Waals surface area contributed by atoms with E-state index in [1.54, 1.807) is 37.5 Å². The van der Waals surface area contributed by atoms with Crippen LogP contribution in [-0.4, -0.2) is 29.1 Å². The molecule has 2 N–H and O–H groups in total. The molecular weight excluding hydrogens is 256 g/mol. The zero-order chi connectivity index (χ0) is 14.7. The second-order valence-corrected chi connectivity index (χ2v) is 4.48. The van der Waals surface area contributed by atoms with E-state index in [4.69, 9.17) is 0 Å². The summed E-state index contributed by atoms with van der Waals surface area (Å²) in [6.45, 7) is 3.29. The van der Waals surface area contributed by atoms with E-state index in [0.717, 1.165) is 5.56 Å². The van der Waals surface area contributed by atoms with Crippen LogP contribution in [0.1, 0.15) is 22.8 Å². The average molecular weight is 272 g/mol. The first-order chi connectivity index (χ1) is 9.50. The number of carbonyl (C=O) groups excluding carboxylic acids is 2. The average Bonchev–Trinajstić information content (AvgIpc) is 2.83. The van der Waals surface area contributed by atoms with Crippen molar-refractivity contribution in [3.05, 3.63) is 41.6 Å². The molecule has 0 saturated heterocycles. The Labute approximate surface area is 116 Å². The molecule has 2 aromatic rings. The molecule has 0 bridgehead atoms. The smallest absolute Gasteiger partial charge is 0.258 e. The number of rotatable bonds is 3. The van der Waals surface area contributed by atoms with Crippen molar-refractivity contribution >= 4 is 23.3 Å². The number of amides is 2. The highest BCUT2D eigenvalue weighted by atomic mass is 16.2. The van der Waals surface area contributed by atoms with Gasteiger partial charge in [-0.1, -0.05) is 12.1 Å². The van der Waals surface area contributed by atoms with Crippen molar-refractivity contribution in [2.75, 3.05) is 17.3 Å². The standard InChI is InChI=1S/C14H16N4O2/c1-9-8-15-17-13(9)16-14(20)11-6-4-5-7-12(11)18(3)10(2)19/h4-8H,1-3H3,(H2,15,16,17,20). The molecule has 1 heterocycles. The summed E-state index contributed by atoms with van der Waals surface area (Å²) in [7, 11) is 1.63. The van der Waals surface area contributed by atoms with Gasteiger partial charge >= 0.3 is 0 Å². The van der Waals surface area contributed by atoms with Gasteiger partial charge in [-0.2, -0.15) is 5.10 Å². The molecule has 2 rings (SSSR count). The molecule has 0 saturated carbocycles. The molecule has 104 valence electrons. The van der Waals surface area contributed by atoms with E-state index < -0.39 is 0 Å². The predicted octanol–water partition coefficient (Wildman–Crippen LogP) is 1.95. The first-order valence-electron chi connectivity index (χ1n) is 6.15. The molecule has 6 heteroatoms. The van der Waals surface area contributed by atoms with Gasteiger partial charge in [-0.3, -0.25) is 14.7 Å². The van der Waals surface area contributed by atoms with E-state index in [9.17, 15) is 9.59 Å². The maximum absolute atomic E-state index is 12.3. The summed E-state index contributed by atoms with van der Waals surface area (Å²) in [6, 6.07) is 6.95. The summed E-state index contributed by atoms with van der Waals surface area (Å²) >= 11 is 0. The molecule has 0 aliphatic rings. The minimum atomic E-state index is -0.291. The van der Waals surface area contributed by atoms with Gasteiger partial charge in [-0.25, -0.2) is 0 Å². The molecule has 20 heavy (non-hydrogen) atoms. The molecule has 1 aromatic heterocycles. The third kappa shape index (κ3) is 2.69. The van der Waals surface area contributed by atoms with Gasteiger partial charge in [0.15, 0.2) is 0 Å². The summed E-state index contributed by atoms with van der Waals surface area (Å²) < 4.78 is 0. The summed E-state index contributed by atoms with van der Waals surface area (Å²) in [5, 5.41) is 9.31. The van der Waals surface area contributed by atoms with Crippen LogP contribution in [-0.2, 0) is 4.79 Å². The van der Waals surface area contributed by atoms with Gasteiger partial charge in [0.2, 0.25) is 5.91 Å². The van der Waals surface area contributed by atoms with E-state index in [0.29, 0.717) is 17.1 Å². The second kappa shape index (κ2) is 5.56. The Morgan fingerprint density at radius 3 is 2.60 bits per heavy atom. The van der Waals surface area contributed by atoms with Crippen LogP contribution in [0.4, 0.5) is 11.5 Å². The second-order valence-electron chi connectivity index (χ2n) is 4.48. The van der Waals surface area contributed by atoms with Gasteiger partial charge in [0, 0.05) is 19.5 Å². The lowest BCUT2D eigenvalue weighted by atomic mass is 10.1. The van der Waals surface area contributed by atoms with Crippen LogP contribution in [0.2, 0.25) is 0 Å². The lowest BCUT2D eigenvalue weighted by Crippen LogP contribution is -2.26. The fourth-order valence-corrected chi connectivity index (χ4v) is 1.78. The van der Waals surface area contributed by atoms with Crippen molar-refractivity contribution in [3.63, 3.8) is 0 Å². The number of anilines is 2. The van der Waals surface area contributed by atoms with Crippen molar-refractivity contribution in [2.45, 2.75) is 13.8 Å². The summed E-state index contributed by atoms with van der Waals surface area (Å²) in [6.07, 6.45) is 1.63. The number of H-pyrrole nitrogens is 1. The SMILES string of the molecule is CC(=O)N(C)c1ccccc1C(=O)Nc1[nH]ncc1C. The minimum absolute atomic E-state index is 0.136. The van der Waals surface area contributed by atoms with Gasteiger partial charge in [0.1, 0.15) is 5.82 Å². The number of carbonyl (C=O) groups is 2. The Hall–Kier alpha value is -2.63. The third-order valence-electron chi connectivity index (χ3n) is 3.05. The number of nitrogens with zero attached hydrogens (tertiary/aromatic N) is 2. The Balaban J connectivity index is 2.31. The molecule has 2 amide bonds. The molecule has 6 nitrogen and oxygen atoms in total. The lowest BCUT2D eigenvalue weighted by molar-refractivity contribution is -0.116. The summed E-state index contributed by atoms with van der Waals surface area (Å²) in [5.41, 5.74) is 1.84. The van der Waals surface area contributed by atoms with Gasteiger partial charge in [-0.15, -0.1) is 0 Å². The van der Waals surface area contributed by atoms with E-state index in [2.05, 4.69) is 15.5 Å². The normalized spacial score (nSPS) is 10.2. The van der Waals surface area contributed by atoms with Crippen molar-refractivity contribution < 1.29 is 9.59 Å². The number of hydrogen-bond donors (Lipinski definition) is 2. The summed E-state index contributed by atoms with van der Waals surface area (Å²) in [4.78, 5) is 25.2. The fraction of sp³-hybridized carbons (Fsp3) is 0.214. The quantitative estimate of drug-likeness (QED) is 0.896. The van der Waals surface area contributed by atoms with Gasteiger partial charge in [0.05, 0.1) is 17.4 Å². The number of aromatic amines is 1. The van der Waals surface area contributed by atoms with Crippen LogP contribution < -0.4 is 10.2 Å². The number of hydrogen-bond acceptors (Lipinski definition) is 3. The van der Waals surface area contributed by atoms with E-state index in [1.807, 2.05) is 6.92 Å². The van der Waals surface area contributed by atoms with E-state index in [-0.39, 0.29) is 11.8 Å². The number of nitrogens with one attached hydrogen (secondary N) is 2. The van der Waals surface area contributed by atoms with Gasteiger partial charge in [-0.05, 0) is 19.1 Å². The van der Waals surface area contributed by atoms with Crippen LogP contribution in [0, 0.1) is 6.92 Å². The molecule has 0 unspecified atom stereocenters. The van der Waals surface area contributed by atoms with Crippen LogP contribution in [0.15, 0.2) is 30.5 Å². The van der Waals surface area contributed by atoms with Gasteiger partial charge in [0.25, 0.3) is 5.91 Å². The lowest BCUT2D eigenvalue weighted by Gasteiger charge is -2.18. The first-order valence-corrected chi connectivity index (χ1v) is 6.15. The summed E-state index contributed by atoms with van der Waals surface area (Å²) in [5.74, 6) is 0.124. The van der Waals surface area contributed by atoms with Crippen LogP contribution in [0.25, 0.3) is 0 Å². The predicted molar refractivity (Wildman–Crippen MR) is 76.8 cm³/mol. The zero-order valence-electron chi connectivity index (χ0n) is 11.6. The van der Waals surface area contributed by atoms with Crippen molar-refractivity contribution in [1.29, 1.82) is 0 Å². The monoisotopic (exact) mass is 272 g/mol. The Bertz CT molecular complexity index is 648. The minimum Gasteiger partial charge on any atom is -0.315 e. The van der Waals surface area contributed by atoms with Crippen LogP contribution in [0.3, 0.4) is 0 Å². The maximum Gasteiger partial charge on any atom is 0.258 e. The maximum atomic E-state index is 12.3.